The van der Waals surface area contributed by atoms with E-state index in [0.29, 0.717) is 17.0 Å². The molecule has 0 saturated carbocycles. The van der Waals surface area contributed by atoms with Crippen LogP contribution in [-0.4, -0.2) is 33.1 Å². The Morgan fingerprint density at radius 3 is 2.53 bits per heavy atom. The predicted molar refractivity (Wildman–Crippen MR) is 75.0 cm³/mol. The maximum atomic E-state index is 13.8. The molecule has 1 aromatic rings. The van der Waals surface area contributed by atoms with E-state index in [4.69, 9.17) is 21.1 Å². The zero-order chi connectivity index (χ0) is 14.3. The topological polar surface area (TPSA) is 30.5 Å². The van der Waals surface area contributed by atoms with Crippen molar-refractivity contribution in [2.24, 2.45) is 0 Å². The van der Waals surface area contributed by atoms with Gasteiger partial charge in [-0.15, -0.1) is 0 Å². The number of benzene rings is 1. The number of halogens is 2. The average Bonchev–Trinajstić information content (AvgIpc) is 2.40. The van der Waals surface area contributed by atoms with Gasteiger partial charge in [0.05, 0.1) is 6.04 Å². The van der Waals surface area contributed by atoms with Crippen LogP contribution in [0.1, 0.15) is 18.9 Å². The van der Waals surface area contributed by atoms with E-state index in [1.807, 2.05) is 0 Å². The summed E-state index contributed by atoms with van der Waals surface area (Å²) in [6.45, 7) is 2.87. The Hall–Kier alpha value is -0.680. The highest BCUT2D eigenvalue weighted by Gasteiger charge is 2.23. The third kappa shape index (κ3) is 4.73. The van der Waals surface area contributed by atoms with Crippen LogP contribution in [0.4, 0.5) is 4.39 Å². The Labute approximate surface area is 119 Å². The maximum Gasteiger partial charge on any atom is 0.172 e. The molecule has 0 aliphatic heterocycles. The van der Waals surface area contributed by atoms with Crippen LogP contribution in [-0.2, 0) is 15.9 Å². The average molecular weight is 290 g/mol. The molecule has 0 fully saturated rings. The number of hydrogen-bond donors (Lipinski definition) is 1. The van der Waals surface area contributed by atoms with E-state index >= 15 is 0 Å². The summed E-state index contributed by atoms with van der Waals surface area (Å²) in [6, 6.07) is 4.54. The van der Waals surface area contributed by atoms with E-state index in [0.717, 1.165) is 13.0 Å². The molecule has 1 rings (SSSR count). The van der Waals surface area contributed by atoms with Crippen LogP contribution in [0.5, 0.6) is 0 Å². The molecule has 5 heteroatoms. The molecule has 0 spiro atoms. The van der Waals surface area contributed by atoms with Crippen molar-refractivity contribution in [1.82, 2.24) is 5.32 Å². The standard InChI is InChI=1S/C14H21ClFNO2/c1-4-8-17-13(14(18-2)19-3)9-10-11(15)6-5-7-12(10)16/h5-7,13-14,17H,4,8-9H2,1-3H3. The third-order valence-corrected chi connectivity index (χ3v) is 3.29. The fourth-order valence-electron chi connectivity index (χ4n) is 1.97. The number of ether oxygens (including phenoxy) is 2. The molecule has 0 aliphatic carbocycles. The van der Waals surface area contributed by atoms with Gasteiger partial charge in [0.15, 0.2) is 6.29 Å². The number of rotatable bonds is 8. The molecule has 1 unspecified atom stereocenters. The second-order valence-corrected chi connectivity index (χ2v) is 4.71. The zero-order valence-corrected chi connectivity index (χ0v) is 12.3. The Balaban J connectivity index is 2.86. The van der Waals surface area contributed by atoms with Crippen LogP contribution in [0.2, 0.25) is 5.02 Å². The Morgan fingerprint density at radius 1 is 1.32 bits per heavy atom. The molecule has 0 heterocycles. The molecule has 108 valence electrons. The number of methoxy groups -OCH3 is 2. The van der Waals surface area contributed by atoms with E-state index in [1.54, 1.807) is 26.4 Å². The number of hydrogen-bond acceptors (Lipinski definition) is 3. The summed E-state index contributed by atoms with van der Waals surface area (Å²) in [5, 5.41) is 3.72. The molecule has 0 saturated heterocycles. The Kier molecular flexibility index (Phi) is 7.31. The first-order valence-corrected chi connectivity index (χ1v) is 6.73. The summed E-state index contributed by atoms with van der Waals surface area (Å²) in [5.74, 6) is -0.304. The minimum Gasteiger partial charge on any atom is -0.354 e. The molecule has 1 N–H and O–H groups in total. The smallest absolute Gasteiger partial charge is 0.172 e. The van der Waals surface area contributed by atoms with Gasteiger partial charge in [-0.05, 0) is 31.5 Å². The van der Waals surface area contributed by atoms with Crippen molar-refractivity contribution in [2.75, 3.05) is 20.8 Å². The van der Waals surface area contributed by atoms with Gasteiger partial charge < -0.3 is 14.8 Å². The van der Waals surface area contributed by atoms with Crippen LogP contribution in [0.25, 0.3) is 0 Å². The minimum absolute atomic E-state index is 0.149. The zero-order valence-electron chi connectivity index (χ0n) is 11.6. The van der Waals surface area contributed by atoms with Crippen molar-refractivity contribution >= 4 is 11.6 Å². The van der Waals surface area contributed by atoms with Crippen molar-refractivity contribution in [3.63, 3.8) is 0 Å². The monoisotopic (exact) mass is 289 g/mol. The highest BCUT2D eigenvalue weighted by molar-refractivity contribution is 6.31. The van der Waals surface area contributed by atoms with Crippen LogP contribution >= 0.6 is 11.6 Å². The van der Waals surface area contributed by atoms with Crippen molar-refractivity contribution < 1.29 is 13.9 Å². The summed E-state index contributed by atoms with van der Waals surface area (Å²) >= 11 is 6.05. The summed E-state index contributed by atoms with van der Waals surface area (Å²) in [4.78, 5) is 0. The first-order chi connectivity index (χ1) is 9.13. The summed E-state index contributed by atoms with van der Waals surface area (Å²) in [6.07, 6.45) is 0.946. The molecule has 0 bridgehead atoms. The lowest BCUT2D eigenvalue weighted by Gasteiger charge is -2.26. The number of nitrogens with one attached hydrogen (secondary N) is 1. The lowest BCUT2D eigenvalue weighted by Crippen LogP contribution is -2.44. The van der Waals surface area contributed by atoms with Gasteiger partial charge in [0.25, 0.3) is 0 Å². The van der Waals surface area contributed by atoms with E-state index in [9.17, 15) is 4.39 Å². The van der Waals surface area contributed by atoms with Gasteiger partial charge in [-0.1, -0.05) is 24.6 Å². The van der Waals surface area contributed by atoms with Gasteiger partial charge in [0.1, 0.15) is 5.82 Å². The molecular weight excluding hydrogens is 269 g/mol. The van der Waals surface area contributed by atoms with Gasteiger partial charge in [-0.2, -0.15) is 0 Å². The van der Waals surface area contributed by atoms with Crippen molar-refractivity contribution in [2.45, 2.75) is 32.1 Å². The third-order valence-electron chi connectivity index (χ3n) is 2.94. The molecule has 1 aromatic carbocycles. The maximum absolute atomic E-state index is 13.8. The van der Waals surface area contributed by atoms with Crippen LogP contribution in [0.3, 0.4) is 0 Å². The van der Waals surface area contributed by atoms with Gasteiger partial charge in [-0.25, -0.2) is 4.39 Å². The quantitative estimate of drug-likeness (QED) is 0.746. The molecule has 1 atom stereocenters. The van der Waals surface area contributed by atoms with Crippen molar-refractivity contribution in [3.05, 3.63) is 34.6 Å². The van der Waals surface area contributed by atoms with E-state index < -0.39 is 6.29 Å². The van der Waals surface area contributed by atoms with Gasteiger partial charge in [0, 0.05) is 24.8 Å². The van der Waals surface area contributed by atoms with Gasteiger partial charge >= 0.3 is 0 Å². The second kappa shape index (κ2) is 8.48. The first kappa shape index (κ1) is 16.4. The fraction of sp³-hybridized carbons (Fsp3) is 0.571. The van der Waals surface area contributed by atoms with Gasteiger partial charge in [-0.3, -0.25) is 0 Å². The lowest BCUT2D eigenvalue weighted by molar-refractivity contribution is -0.122. The van der Waals surface area contributed by atoms with E-state index in [-0.39, 0.29) is 11.9 Å². The van der Waals surface area contributed by atoms with Crippen LogP contribution in [0, 0.1) is 5.82 Å². The van der Waals surface area contributed by atoms with Crippen LogP contribution < -0.4 is 5.32 Å². The largest absolute Gasteiger partial charge is 0.354 e. The molecule has 3 nitrogen and oxygen atoms in total. The predicted octanol–water partition coefficient (Wildman–Crippen LogP) is 3.01. The van der Waals surface area contributed by atoms with E-state index in [2.05, 4.69) is 12.2 Å². The van der Waals surface area contributed by atoms with Crippen LogP contribution in [0.15, 0.2) is 18.2 Å². The lowest BCUT2D eigenvalue weighted by atomic mass is 10.0. The van der Waals surface area contributed by atoms with Crippen molar-refractivity contribution in [1.29, 1.82) is 0 Å². The highest BCUT2D eigenvalue weighted by Crippen LogP contribution is 2.21. The molecule has 0 aromatic heterocycles. The highest BCUT2D eigenvalue weighted by atomic mass is 35.5. The molecule has 0 aliphatic rings. The summed E-state index contributed by atoms with van der Waals surface area (Å²) in [7, 11) is 3.13. The SMILES string of the molecule is CCCNC(Cc1c(F)cccc1Cl)C(OC)OC. The van der Waals surface area contributed by atoms with E-state index in [1.165, 1.54) is 6.07 Å². The van der Waals surface area contributed by atoms with Gasteiger partial charge in [0.2, 0.25) is 0 Å². The Bertz CT molecular complexity index is 365. The summed E-state index contributed by atoms with van der Waals surface area (Å²) in [5.41, 5.74) is 0.483. The molecule has 0 radical (unpaired) electrons. The van der Waals surface area contributed by atoms with Crippen molar-refractivity contribution in [3.8, 4) is 0 Å². The second-order valence-electron chi connectivity index (χ2n) is 4.30. The Morgan fingerprint density at radius 2 is 2.00 bits per heavy atom. The molecule has 19 heavy (non-hydrogen) atoms. The normalized spacial score (nSPS) is 12.9. The fourth-order valence-corrected chi connectivity index (χ4v) is 2.21. The molecular formula is C14H21ClFNO2. The minimum atomic E-state index is -0.442. The first-order valence-electron chi connectivity index (χ1n) is 6.35. The molecule has 0 amide bonds. The summed E-state index contributed by atoms with van der Waals surface area (Å²) < 4.78 is 24.3.